The average molecular weight is 291 g/mol. The zero-order valence-corrected chi connectivity index (χ0v) is 12.4. The van der Waals surface area contributed by atoms with Gasteiger partial charge >= 0.3 is 5.97 Å². The van der Waals surface area contributed by atoms with E-state index in [4.69, 9.17) is 4.74 Å². The molecule has 0 spiro atoms. The summed E-state index contributed by atoms with van der Waals surface area (Å²) >= 11 is 0. The second kappa shape index (κ2) is 7.78. The topological polar surface area (TPSA) is 59.8 Å². The number of ether oxygens (including phenoxy) is 1. The van der Waals surface area contributed by atoms with Gasteiger partial charge in [-0.15, -0.1) is 0 Å². The van der Waals surface area contributed by atoms with Gasteiger partial charge < -0.3 is 15.0 Å². The first-order valence-electron chi connectivity index (χ1n) is 7.54. The molecular weight excluding hydrogens is 268 g/mol. The minimum Gasteiger partial charge on any atom is -0.466 e. The number of amides is 1. The molecule has 0 radical (unpaired) electrons. The Morgan fingerprint density at radius 3 is 2.81 bits per heavy atom. The van der Waals surface area contributed by atoms with E-state index in [1.54, 1.807) is 0 Å². The highest BCUT2D eigenvalue weighted by atomic mass is 16.5. The maximum absolute atomic E-state index is 12.0. The number of anilines is 1. The Kier molecular flexibility index (Phi) is 5.75. The van der Waals surface area contributed by atoms with Gasteiger partial charge in [0.25, 0.3) is 5.91 Å². The first-order valence-corrected chi connectivity index (χ1v) is 7.54. The van der Waals surface area contributed by atoms with Crippen molar-refractivity contribution in [1.29, 1.82) is 0 Å². The van der Waals surface area contributed by atoms with Crippen LogP contribution in [-0.4, -0.2) is 38.1 Å². The molecule has 0 aromatic heterocycles. The van der Waals surface area contributed by atoms with Crippen LogP contribution in [0.3, 0.4) is 0 Å². The van der Waals surface area contributed by atoms with Crippen molar-refractivity contribution in [2.45, 2.75) is 19.8 Å². The molecule has 1 aromatic rings. The number of carbonyl (C=O) groups excluding carboxylic acids is 2. The molecule has 1 heterocycles. The molecule has 0 saturated carbocycles. The number of hydrogen-bond donors (Lipinski definition) is 2. The third kappa shape index (κ3) is 4.86. The number of para-hydroxylation sites is 1. The van der Waals surface area contributed by atoms with Crippen molar-refractivity contribution in [3.63, 3.8) is 0 Å². The summed E-state index contributed by atoms with van der Waals surface area (Å²) in [5, 5.41) is 2.88. The van der Waals surface area contributed by atoms with Gasteiger partial charge in [-0.05, 0) is 31.9 Å². The summed E-state index contributed by atoms with van der Waals surface area (Å²) in [4.78, 5) is 25.0. The fourth-order valence-corrected chi connectivity index (χ4v) is 2.73. The predicted molar refractivity (Wildman–Crippen MR) is 80.0 cm³/mol. The van der Waals surface area contributed by atoms with E-state index < -0.39 is 0 Å². The molecule has 2 N–H and O–H groups in total. The van der Waals surface area contributed by atoms with Crippen molar-refractivity contribution in [2.75, 3.05) is 31.6 Å². The third-order valence-corrected chi connectivity index (χ3v) is 3.71. The molecule has 2 rings (SSSR count). The molecule has 1 aliphatic rings. The maximum atomic E-state index is 12.0. The van der Waals surface area contributed by atoms with Crippen LogP contribution < -0.4 is 10.2 Å². The number of esters is 1. The Bertz CT molecular complexity index is 476. The second-order valence-electron chi connectivity index (χ2n) is 5.39. The number of benzene rings is 1. The molecule has 1 fully saturated rings. The second-order valence-corrected chi connectivity index (χ2v) is 5.39. The van der Waals surface area contributed by atoms with Gasteiger partial charge in [-0.3, -0.25) is 9.59 Å². The minimum atomic E-state index is -0.127. The number of carbonyl (C=O) groups is 2. The lowest BCUT2D eigenvalue weighted by molar-refractivity contribution is -0.899. The predicted octanol–water partition coefficient (Wildman–Crippen LogP) is 0.483. The van der Waals surface area contributed by atoms with Crippen molar-refractivity contribution < 1.29 is 19.2 Å². The summed E-state index contributed by atoms with van der Waals surface area (Å²) in [6, 6.07) is 9.42. The molecule has 5 nitrogen and oxygen atoms in total. The molecule has 1 aromatic carbocycles. The SMILES string of the molecule is CCOC(=O)[C@H]1CCC[NH+](CC(=O)Nc2ccccc2)C1. The van der Waals surface area contributed by atoms with E-state index in [-0.39, 0.29) is 17.8 Å². The van der Waals surface area contributed by atoms with Gasteiger partial charge in [-0.1, -0.05) is 18.2 Å². The van der Waals surface area contributed by atoms with Crippen molar-refractivity contribution in [3.8, 4) is 0 Å². The molecule has 1 aliphatic heterocycles. The largest absolute Gasteiger partial charge is 0.466 e. The van der Waals surface area contributed by atoms with Crippen molar-refractivity contribution in [3.05, 3.63) is 30.3 Å². The van der Waals surface area contributed by atoms with Crippen LogP contribution >= 0.6 is 0 Å². The highest BCUT2D eigenvalue weighted by molar-refractivity contribution is 5.91. The summed E-state index contributed by atoms with van der Waals surface area (Å²) in [5.74, 6) is -0.211. The first kappa shape index (κ1) is 15.5. The molecule has 5 heteroatoms. The smallest absolute Gasteiger partial charge is 0.314 e. The molecule has 1 saturated heterocycles. The summed E-state index contributed by atoms with van der Waals surface area (Å²) in [6.07, 6.45) is 1.82. The lowest BCUT2D eigenvalue weighted by Gasteiger charge is -2.28. The summed E-state index contributed by atoms with van der Waals surface area (Å²) < 4.78 is 5.08. The number of likely N-dealkylation sites (tertiary alicyclic amines) is 1. The highest BCUT2D eigenvalue weighted by Crippen LogP contribution is 2.09. The van der Waals surface area contributed by atoms with E-state index in [2.05, 4.69) is 5.32 Å². The van der Waals surface area contributed by atoms with Crippen LogP contribution in [0.1, 0.15) is 19.8 Å². The van der Waals surface area contributed by atoms with E-state index in [1.165, 1.54) is 0 Å². The minimum absolute atomic E-state index is 0.0132. The van der Waals surface area contributed by atoms with Gasteiger partial charge in [-0.25, -0.2) is 0 Å². The molecular formula is C16H23N2O3+. The van der Waals surface area contributed by atoms with Crippen LogP contribution in [-0.2, 0) is 14.3 Å². The quantitative estimate of drug-likeness (QED) is 0.776. The molecule has 0 bridgehead atoms. The van der Waals surface area contributed by atoms with Crippen LogP contribution in [0.2, 0.25) is 0 Å². The van der Waals surface area contributed by atoms with Gasteiger partial charge in [-0.2, -0.15) is 0 Å². The number of quaternary nitrogens is 1. The lowest BCUT2D eigenvalue weighted by Crippen LogP contribution is -3.14. The van der Waals surface area contributed by atoms with Gasteiger partial charge in [0.1, 0.15) is 5.92 Å². The molecule has 1 unspecified atom stereocenters. The number of hydrogen-bond acceptors (Lipinski definition) is 3. The van der Waals surface area contributed by atoms with Crippen LogP contribution in [0.4, 0.5) is 5.69 Å². The van der Waals surface area contributed by atoms with E-state index in [0.717, 1.165) is 30.0 Å². The average Bonchev–Trinajstić information content (AvgIpc) is 2.48. The molecule has 2 atom stereocenters. The summed E-state index contributed by atoms with van der Waals surface area (Å²) in [6.45, 7) is 4.24. The Hall–Kier alpha value is -1.88. The van der Waals surface area contributed by atoms with Crippen LogP contribution in [0.15, 0.2) is 30.3 Å². The number of piperidine rings is 1. The fraction of sp³-hybridized carbons (Fsp3) is 0.500. The summed E-state index contributed by atoms with van der Waals surface area (Å²) in [5.41, 5.74) is 0.806. The standard InChI is InChI=1S/C16H22N2O3/c1-2-21-16(20)13-7-6-10-18(11-13)12-15(19)17-14-8-4-3-5-9-14/h3-5,8-9,13H,2,6-7,10-12H2,1H3,(H,17,19)/p+1/t13-/m0/s1. The van der Waals surface area contributed by atoms with E-state index in [0.29, 0.717) is 19.7 Å². The Balaban J connectivity index is 1.82. The zero-order valence-electron chi connectivity index (χ0n) is 12.4. The normalized spacial score (nSPS) is 21.6. The van der Waals surface area contributed by atoms with Crippen molar-refractivity contribution in [2.24, 2.45) is 5.92 Å². The van der Waals surface area contributed by atoms with Gasteiger partial charge in [0, 0.05) is 5.69 Å². The highest BCUT2D eigenvalue weighted by Gasteiger charge is 2.30. The number of nitrogens with one attached hydrogen (secondary N) is 2. The zero-order chi connectivity index (χ0) is 15.1. The molecule has 114 valence electrons. The van der Waals surface area contributed by atoms with Gasteiger partial charge in [0.15, 0.2) is 6.54 Å². The van der Waals surface area contributed by atoms with Crippen molar-refractivity contribution in [1.82, 2.24) is 0 Å². The van der Waals surface area contributed by atoms with Crippen molar-refractivity contribution >= 4 is 17.6 Å². The Labute approximate surface area is 125 Å². The molecule has 0 aliphatic carbocycles. The van der Waals surface area contributed by atoms with E-state index in [9.17, 15) is 9.59 Å². The van der Waals surface area contributed by atoms with Gasteiger partial charge in [0.2, 0.25) is 0 Å². The van der Waals surface area contributed by atoms with Crippen LogP contribution in [0, 0.1) is 5.92 Å². The lowest BCUT2D eigenvalue weighted by atomic mass is 9.98. The molecule has 1 amide bonds. The van der Waals surface area contributed by atoms with Crippen LogP contribution in [0.25, 0.3) is 0 Å². The monoisotopic (exact) mass is 291 g/mol. The van der Waals surface area contributed by atoms with Crippen LogP contribution in [0.5, 0.6) is 0 Å². The Morgan fingerprint density at radius 1 is 1.33 bits per heavy atom. The van der Waals surface area contributed by atoms with Gasteiger partial charge in [0.05, 0.1) is 19.7 Å². The Morgan fingerprint density at radius 2 is 2.10 bits per heavy atom. The summed E-state index contributed by atoms with van der Waals surface area (Å²) in [7, 11) is 0. The molecule has 21 heavy (non-hydrogen) atoms. The van der Waals surface area contributed by atoms with E-state index in [1.807, 2.05) is 37.3 Å². The third-order valence-electron chi connectivity index (χ3n) is 3.71. The maximum Gasteiger partial charge on any atom is 0.314 e. The van der Waals surface area contributed by atoms with E-state index >= 15 is 0 Å². The fourth-order valence-electron chi connectivity index (χ4n) is 2.73. The number of rotatable bonds is 5. The first-order chi connectivity index (χ1) is 10.2.